The summed E-state index contributed by atoms with van der Waals surface area (Å²) in [6, 6.07) is 21.4. The summed E-state index contributed by atoms with van der Waals surface area (Å²) >= 11 is 0. The van der Waals surface area contributed by atoms with Crippen LogP contribution in [0.25, 0.3) is 0 Å². The van der Waals surface area contributed by atoms with E-state index in [1.54, 1.807) is 41.2 Å². The summed E-state index contributed by atoms with van der Waals surface area (Å²) in [5.41, 5.74) is 4.63. The van der Waals surface area contributed by atoms with Gasteiger partial charge in [-0.25, -0.2) is 4.39 Å². The van der Waals surface area contributed by atoms with Crippen LogP contribution in [0, 0.1) is 19.7 Å². The average molecular weight is 429 g/mol. The SMILES string of the molecule is Cc1cccc(C)c1OCc1ccc(C(=O)Nc2ccn(Cc3ccc(F)cc3)n2)cc1. The molecule has 3 aromatic carbocycles. The highest BCUT2D eigenvalue weighted by Crippen LogP contribution is 2.23. The lowest BCUT2D eigenvalue weighted by atomic mass is 10.1. The second kappa shape index (κ2) is 9.47. The van der Waals surface area contributed by atoms with E-state index in [-0.39, 0.29) is 11.7 Å². The molecule has 1 heterocycles. The topological polar surface area (TPSA) is 56.1 Å². The Hall–Kier alpha value is -3.93. The number of para-hydroxylation sites is 1. The van der Waals surface area contributed by atoms with E-state index in [2.05, 4.69) is 10.4 Å². The number of rotatable bonds is 7. The van der Waals surface area contributed by atoms with Crippen LogP contribution in [0.1, 0.15) is 32.6 Å². The van der Waals surface area contributed by atoms with Crippen molar-refractivity contribution in [3.05, 3.63) is 113 Å². The molecule has 0 aliphatic rings. The number of halogens is 1. The zero-order chi connectivity index (χ0) is 22.5. The highest BCUT2D eigenvalue weighted by molar-refractivity contribution is 6.03. The number of amides is 1. The fourth-order valence-electron chi connectivity index (χ4n) is 3.42. The molecule has 0 spiro atoms. The van der Waals surface area contributed by atoms with Gasteiger partial charge in [0.05, 0.1) is 6.54 Å². The van der Waals surface area contributed by atoms with Gasteiger partial charge < -0.3 is 10.1 Å². The number of nitrogens with one attached hydrogen (secondary N) is 1. The van der Waals surface area contributed by atoms with Crippen LogP contribution < -0.4 is 10.1 Å². The van der Waals surface area contributed by atoms with Gasteiger partial charge in [-0.2, -0.15) is 5.10 Å². The maximum Gasteiger partial charge on any atom is 0.256 e. The van der Waals surface area contributed by atoms with E-state index in [4.69, 9.17) is 4.74 Å². The van der Waals surface area contributed by atoms with Crippen LogP contribution in [0.4, 0.5) is 10.2 Å². The standard InChI is InChI=1S/C26H24FN3O2/c1-18-4-3-5-19(2)25(18)32-17-21-6-10-22(11-7-21)26(31)28-24-14-15-30(29-24)16-20-8-12-23(27)13-9-20/h3-15H,16-17H2,1-2H3,(H,28,29,31). The summed E-state index contributed by atoms with van der Waals surface area (Å²) < 4.78 is 20.7. The lowest BCUT2D eigenvalue weighted by Gasteiger charge is -2.12. The largest absolute Gasteiger partial charge is 0.488 e. The summed E-state index contributed by atoms with van der Waals surface area (Å²) in [4.78, 5) is 12.6. The van der Waals surface area contributed by atoms with Gasteiger partial charge in [0.15, 0.2) is 5.82 Å². The van der Waals surface area contributed by atoms with Crippen molar-refractivity contribution in [2.24, 2.45) is 0 Å². The second-order valence-electron chi connectivity index (χ2n) is 7.69. The third kappa shape index (κ3) is 5.21. The molecular weight excluding hydrogens is 405 g/mol. The minimum absolute atomic E-state index is 0.237. The Morgan fingerprint density at radius 1 is 0.938 bits per heavy atom. The first-order valence-electron chi connectivity index (χ1n) is 10.3. The fraction of sp³-hybridized carbons (Fsp3) is 0.154. The zero-order valence-corrected chi connectivity index (χ0v) is 18.0. The fourth-order valence-corrected chi connectivity index (χ4v) is 3.42. The Labute approximate surface area is 186 Å². The third-order valence-electron chi connectivity index (χ3n) is 5.15. The van der Waals surface area contributed by atoms with E-state index in [0.29, 0.717) is 24.5 Å². The molecule has 4 aromatic rings. The number of benzene rings is 3. The van der Waals surface area contributed by atoms with Crippen molar-refractivity contribution < 1.29 is 13.9 Å². The minimum atomic E-state index is -0.273. The van der Waals surface area contributed by atoms with Crippen molar-refractivity contribution in [2.45, 2.75) is 27.0 Å². The maximum atomic E-state index is 13.0. The summed E-state index contributed by atoms with van der Waals surface area (Å²) in [5, 5.41) is 7.17. The monoisotopic (exact) mass is 429 g/mol. The zero-order valence-electron chi connectivity index (χ0n) is 18.0. The van der Waals surface area contributed by atoms with Crippen molar-refractivity contribution in [1.82, 2.24) is 9.78 Å². The molecule has 1 amide bonds. The molecule has 0 aliphatic heterocycles. The molecule has 1 aromatic heterocycles. The van der Waals surface area contributed by atoms with Crippen LogP contribution >= 0.6 is 0 Å². The Morgan fingerprint density at radius 2 is 1.59 bits per heavy atom. The average Bonchev–Trinajstić information content (AvgIpc) is 3.22. The van der Waals surface area contributed by atoms with Crippen molar-refractivity contribution in [3.8, 4) is 5.75 Å². The highest BCUT2D eigenvalue weighted by atomic mass is 19.1. The molecule has 0 fully saturated rings. The number of aryl methyl sites for hydroxylation is 2. The van der Waals surface area contributed by atoms with Crippen LogP contribution in [-0.2, 0) is 13.2 Å². The number of carbonyl (C=O) groups excluding carboxylic acids is 1. The van der Waals surface area contributed by atoms with Crippen LogP contribution in [0.3, 0.4) is 0 Å². The van der Waals surface area contributed by atoms with Gasteiger partial charge in [0, 0.05) is 17.8 Å². The van der Waals surface area contributed by atoms with Crippen LogP contribution in [0.5, 0.6) is 5.75 Å². The molecule has 5 nitrogen and oxygen atoms in total. The lowest BCUT2D eigenvalue weighted by Crippen LogP contribution is -2.13. The smallest absolute Gasteiger partial charge is 0.256 e. The number of aromatic nitrogens is 2. The molecule has 4 rings (SSSR count). The van der Waals surface area contributed by atoms with Crippen molar-refractivity contribution in [2.75, 3.05) is 5.32 Å². The number of anilines is 1. The van der Waals surface area contributed by atoms with E-state index in [0.717, 1.165) is 28.0 Å². The van der Waals surface area contributed by atoms with Gasteiger partial charge in [-0.1, -0.05) is 42.5 Å². The van der Waals surface area contributed by atoms with Crippen molar-refractivity contribution in [3.63, 3.8) is 0 Å². The molecular formula is C26H24FN3O2. The van der Waals surface area contributed by atoms with E-state index >= 15 is 0 Å². The molecule has 0 saturated heterocycles. The number of hydrogen-bond acceptors (Lipinski definition) is 3. The number of nitrogens with zero attached hydrogens (tertiary/aromatic N) is 2. The van der Waals surface area contributed by atoms with Crippen molar-refractivity contribution in [1.29, 1.82) is 0 Å². The maximum absolute atomic E-state index is 13.0. The van der Waals surface area contributed by atoms with Gasteiger partial charge in [0.2, 0.25) is 0 Å². The molecule has 0 bridgehead atoms. The Balaban J connectivity index is 1.34. The molecule has 0 saturated carbocycles. The summed E-state index contributed by atoms with van der Waals surface area (Å²) in [7, 11) is 0. The Kier molecular flexibility index (Phi) is 6.31. The normalized spacial score (nSPS) is 10.7. The lowest BCUT2D eigenvalue weighted by molar-refractivity contribution is 0.102. The molecule has 162 valence electrons. The van der Waals surface area contributed by atoms with Crippen LogP contribution in [-0.4, -0.2) is 15.7 Å². The first-order chi connectivity index (χ1) is 15.5. The first kappa shape index (κ1) is 21.3. The molecule has 0 atom stereocenters. The molecule has 1 N–H and O–H groups in total. The van der Waals surface area contributed by atoms with Crippen LogP contribution in [0.15, 0.2) is 79.0 Å². The van der Waals surface area contributed by atoms with Gasteiger partial charge in [-0.05, 0) is 60.4 Å². The highest BCUT2D eigenvalue weighted by Gasteiger charge is 2.09. The van der Waals surface area contributed by atoms with E-state index in [1.165, 1.54) is 12.1 Å². The minimum Gasteiger partial charge on any atom is -0.488 e. The van der Waals surface area contributed by atoms with Gasteiger partial charge in [-0.3, -0.25) is 9.48 Å². The predicted molar refractivity (Wildman–Crippen MR) is 122 cm³/mol. The van der Waals surface area contributed by atoms with Gasteiger partial charge in [-0.15, -0.1) is 0 Å². The summed E-state index contributed by atoms with van der Waals surface area (Å²) in [6.07, 6.45) is 1.77. The summed E-state index contributed by atoms with van der Waals surface area (Å²) in [6.45, 7) is 4.97. The molecule has 0 unspecified atom stereocenters. The molecule has 32 heavy (non-hydrogen) atoms. The van der Waals surface area contributed by atoms with E-state index in [9.17, 15) is 9.18 Å². The summed E-state index contributed by atoms with van der Waals surface area (Å²) in [5.74, 6) is 0.842. The van der Waals surface area contributed by atoms with Crippen LogP contribution in [0.2, 0.25) is 0 Å². The van der Waals surface area contributed by atoms with Gasteiger partial charge in [0.1, 0.15) is 18.2 Å². The molecule has 0 radical (unpaired) electrons. The molecule has 0 aliphatic carbocycles. The number of ether oxygens (including phenoxy) is 1. The quantitative estimate of drug-likeness (QED) is 0.421. The Bertz CT molecular complexity index is 1190. The number of carbonyl (C=O) groups is 1. The van der Waals surface area contributed by atoms with Gasteiger partial charge in [0.25, 0.3) is 5.91 Å². The van der Waals surface area contributed by atoms with E-state index < -0.39 is 0 Å². The first-order valence-corrected chi connectivity index (χ1v) is 10.3. The predicted octanol–water partition coefficient (Wildman–Crippen LogP) is 5.52. The second-order valence-corrected chi connectivity index (χ2v) is 7.69. The molecule has 6 heteroatoms. The Morgan fingerprint density at radius 3 is 2.28 bits per heavy atom. The van der Waals surface area contributed by atoms with E-state index in [1.807, 2.05) is 44.2 Å². The van der Waals surface area contributed by atoms with Crippen molar-refractivity contribution >= 4 is 11.7 Å². The number of hydrogen-bond donors (Lipinski definition) is 1. The van der Waals surface area contributed by atoms with Gasteiger partial charge >= 0.3 is 0 Å². The third-order valence-corrected chi connectivity index (χ3v) is 5.15.